The molecule has 5 rings (SSSR count). The van der Waals surface area contributed by atoms with E-state index in [-0.39, 0.29) is 11.9 Å². The predicted octanol–water partition coefficient (Wildman–Crippen LogP) is 5.66. The first kappa shape index (κ1) is 18.2. The molecule has 1 unspecified atom stereocenters. The van der Waals surface area contributed by atoms with Crippen LogP contribution >= 0.6 is 23.2 Å². The van der Waals surface area contributed by atoms with Gasteiger partial charge in [0, 0.05) is 24.4 Å². The van der Waals surface area contributed by atoms with Crippen LogP contribution < -0.4 is 5.32 Å². The summed E-state index contributed by atoms with van der Waals surface area (Å²) in [5.74, 6) is 1.30. The molecule has 3 heterocycles. The van der Waals surface area contributed by atoms with Gasteiger partial charge in [-0.15, -0.1) is 0 Å². The van der Waals surface area contributed by atoms with E-state index in [0.717, 1.165) is 39.5 Å². The topological polar surface area (TPSA) is 47.7 Å². The van der Waals surface area contributed by atoms with Crippen molar-refractivity contribution in [1.82, 2.24) is 19.3 Å². The fourth-order valence-corrected chi connectivity index (χ4v) is 4.20. The van der Waals surface area contributed by atoms with Crippen LogP contribution in [0, 0.1) is 5.82 Å². The zero-order valence-corrected chi connectivity index (χ0v) is 17.1. The number of imidazole rings is 1. The molecule has 5 nitrogen and oxygen atoms in total. The van der Waals surface area contributed by atoms with E-state index in [1.807, 2.05) is 41.4 Å². The van der Waals surface area contributed by atoms with Gasteiger partial charge in [0.2, 0.25) is 0 Å². The highest BCUT2D eigenvalue weighted by atomic mass is 35.5. The largest absolute Gasteiger partial charge is 0.344 e. The number of halogens is 3. The fourth-order valence-electron chi connectivity index (χ4n) is 3.89. The van der Waals surface area contributed by atoms with Crippen molar-refractivity contribution in [2.24, 2.45) is 7.05 Å². The molecule has 1 N–H and O–H groups in total. The highest BCUT2D eigenvalue weighted by Gasteiger charge is 2.32. The minimum absolute atomic E-state index is 0.267. The summed E-state index contributed by atoms with van der Waals surface area (Å²) in [6.07, 6.45) is 1.74. The van der Waals surface area contributed by atoms with E-state index in [1.54, 1.807) is 18.3 Å². The second kappa shape index (κ2) is 6.61. The normalized spacial score (nSPS) is 16.2. The Morgan fingerprint density at radius 2 is 1.90 bits per heavy atom. The van der Waals surface area contributed by atoms with Crippen LogP contribution in [-0.2, 0) is 7.05 Å². The van der Waals surface area contributed by atoms with Crippen molar-refractivity contribution >= 4 is 45.6 Å². The van der Waals surface area contributed by atoms with Gasteiger partial charge in [-0.25, -0.2) is 14.1 Å². The Morgan fingerprint density at radius 1 is 1.07 bits per heavy atom. The number of rotatable bonds is 2. The minimum Gasteiger partial charge on any atom is -0.344 e. The molecule has 2 aromatic heterocycles. The van der Waals surface area contributed by atoms with Crippen LogP contribution in [0.25, 0.3) is 16.6 Å². The van der Waals surface area contributed by atoms with E-state index >= 15 is 0 Å². The van der Waals surface area contributed by atoms with Gasteiger partial charge in [0.05, 0.1) is 27.3 Å². The maximum atomic E-state index is 13.8. The van der Waals surface area contributed by atoms with E-state index in [1.165, 1.54) is 12.1 Å². The van der Waals surface area contributed by atoms with Crippen molar-refractivity contribution in [3.8, 4) is 0 Å². The maximum Gasteiger partial charge on any atom is 0.141 e. The standard InChI is InChI=1S/C21H16Cl2FN5/c1-11-19(21-27-16-6-4-13(24)10-17(16)28(21)2)20(29-18(26-11)7-8-25-29)12-3-5-14(22)15(23)9-12/h3-10,20,26H,1-2H3. The third-order valence-electron chi connectivity index (χ3n) is 5.25. The Bertz CT molecular complexity index is 1300. The van der Waals surface area contributed by atoms with Crippen LogP contribution in [0.4, 0.5) is 10.2 Å². The third-order valence-corrected chi connectivity index (χ3v) is 5.99. The number of hydrogen-bond acceptors (Lipinski definition) is 3. The molecule has 0 bridgehead atoms. The summed E-state index contributed by atoms with van der Waals surface area (Å²) in [4.78, 5) is 4.80. The fraction of sp³-hybridized carbons (Fsp3) is 0.143. The summed E-state index contributed by atoms with van der Waals surface area (Å²) < 4.78 is 17.6. The first-order chi connectivity index (χ1) is 13.9. The van der Waals surface area contributed by atoms with Gasteiger partial charge in [-0.1, -0.05) is 29.3 Å². The molecule has 2 aromatic carbocycles. The minimum atomic E-state index is -0.296. The van der Waals surface area contributed by atoms with Crippen molar-refractivity contribution in [1.29, 1.82) is 0 Å². The molecule has 4 aromatic rings. The highest BCUT2D eigenvalue weighted by Crippen LogP contribution is 2.42. The monoisotopic (exact) mass is 427 g/mol. The predicted molar refractivity (Wildman–Crippen MR) is 114 cm³/mol. The first-order valence-electron chi connectivity index (χ1n) is 9.02. The van der Waals surface area contributed by atoms with E-state index in [0.29, 0.717) is 10.0 Å². The van der Waals surface area contributed by atoms with Crippen LogP contribution in [-0.4, -0.2) is 19.3 Å². The molecule has 0 radical (unpaired) electrons. The van der Waals surface area contributed by atoms with Crippen LogP contribution in [0.5, 0.6) is 0 Å². The van der Waals surface area contributed by atoms with Crippen molar-refractivity contribution in [3.05, 3.63) is 81.6 Å². The lowest BCUT2D eigenvalue weighted by Crippen LogP contribution is -2.25. The number of hydrogen-bond donors (Lipinski definition) is 1. The summed E-state index contributed by atoms with van der Waals surface area (Å²) >= 11 is 12.5. The SMILES string of the molecule is CC1=C(c2nc3ccc(F)cc3n2C)C(c2ccc(Cl)c(Cl)c2)n2nccc2N1. The van der Waals surface area contributed by atoms with Gasteiger partial charge in [0.15, 0.2) is 0 Å². The molecule has 0 spiro atoms. The van der Waals surface area contributed by atoms with Gasteiger partial charge >= 0.3 is 0 Å². The lowest BCUT2D eigenvalue weighted by atomic mass is 9.95. The quantitative estimate of drug-likeness (QED) is 0.448. The molecular formula is C21H16Cl2FN5. The van der Waals surface area contributed by atoms with Crippen molar-refractivity contribution < 1.29 is 4.39 Å². The van der Waals surface area contributed by atoms with Crippen LogP contribution in [0.15, 0.2) is 54.4 Å². The molecule has 29 heavy (non-hydrogen) atoms. The molecule has 8 heteroatoms. The van der Waals surface area contributed by atoms with Gasteiger partial charge in [-0.05, 0) is 42.8 Å². The van der Waals surface area contributed by atoms with Crippen LogP contribution in [0.2, 0.25) is 10.0 Å². The molecule has 0 fully saturated rings. The van der Waals surface area contributed by atoms with Crippen molar-refractivity contribution in [2.45, 2.75) is 13.0 Å². The Morgan fingerprint density at radius 3 is 2.69 bits per heavy atom. The number of fused-ring (bicyclic) bond motifs is 2. The van der Waals surface area contributed by atoms with Gasteiger partial charge in [-0.2, -0.15) is 5.10 Å². The number of nitrogens with one attached hydrogen (secondary N) is 1. The molecule has 1 atom stereocenters. The number of nitrogens with zero attached hydrogens (tertiary/aromatic N) is 4. The second-order valence-electron chi connectivity index (χ2n) is 7.03. The Balaban J connectivity index is 1.77. The van der Waals surface area contributed by atoms with Crippen molar-refractivity contribution in [3.63, 3.8) is 0 Å². The van der Waals surface area contributed by atoms with Crippen molar-refractivity contribution in [2.75, 3.05) is 5.32 Å². The number of benzene rings is 2. The summed E-state index contributed by atoms with van der Waals surface area (Å²) in [6, 6.07) is 11.8. The molecule has 0 saturated carbocycles. The van der Waals surface area contributed by atoms with Crippen LogP contribution in [0.3, 0.4) is 0 Å². The van der Waals surface area contributed by atoms with Gasteiger partial charge in [-0.3, -0.25) is 0 Å². The first-order valence-corrected chi connectivity index (χ1v) is 9.78. The molecule has 146 valence electrons. The summed E-state index contributed by atoms with van der Waals surface area (Å²) in [6.45, 7) is 2.00. The molecule has 1 aliphatic heterocycles. The summed E-state index contributed by atoms with van der Waals surface area (Å²) in [7, 11) is 1.88. The Hall–Kier alpha value is -2.83. The average molecular weight is 428 g/mol. The smallest absolute Gasteiger partial charge is 0.141 e. The lowest BCUT2D eigenvalue weighted by molar-refractivity contribution is 0.613. The molecule has 0 amide bonds. The van der Waals surface area contributed by atoms with E-state index in [9.17, 15) is 4.39 Å². The summed E-state index contributed by atoms with van der Waals surface area (Å²) in [5, 5.41) is 8.88. The Kier molecular flexibility index (Phi) is 4.15. The number of aryl methyl sites for hydroxylation is 1. The van der Waals surface area contributed by atoms with Gasteiger partial charge in [0.25, 0.3) is 0 Å². The number of allylic oxidation sites excluding steroid dienone is 2. The van der Waals surface area contributed by atoms with Crippen LogP contribution in [0.1, 0.15) is 24.4 Å². The van der Waals surface area contributed by atoms with E-state index in [4.69, 9.17) is 28.2 Å². The number of aromatic nitrogens is 4. The zero-order chi connectivity index (χ0) is 20.3. The van der Waals surface area contributed by atoms with Gasteiger partial charge in [0.1, 0.15) is 23.5 Å². The molecule has 1 aliphatic rings. The lowest BCUT2D eigenvalue weighted by Gasteiger charge is -2.30. The maximum absolute atomic E-state index is 13.8. The molecule has 0 aliphatic carbocycles. The van der Waals surface area contributed by atoms with E-state index < -0.39 is 0 Å². The Labute approximate surface area is 176 Å². The highest BCUT2D eigenvalue weighted by molar-refractivity contribution is 6.42. The van der Waals surface area contributed by atoms with E-state index in [2.05, 4.69) is 10.4 Å². The second-order valence-corrected chi connectivity index (χ2v) is 7.84. The number of anilines is 1. The molecular weight excluding hydrogens is 412 g/mol. The average Bonchev–Trinajstić information content (AvgIpc) is 3.27. The zero-order valence-electron chi connectivity index (χ0n) is 15.6. The summed E-state index contributed by atoms with van der Waals surface area (Å²) in [5.41, 5.74) is 4.24. The third kappa shape index (κ3) is 2.82. The molecule has 0 saturated heterocycles. The van der Waals surface area contributed by atoms with Gasteiger partial charge < -0.3 is 9.88 Å².